The maximum atomic E-state index is 6.11. The number of nitrogens with zero attached hydrogens (tertiary/aromatic N) is 2. The van der Waals surface area contributed by atoms with E-state index < -0.39 is 0 Å². The van der Waals surface area contributed by atoms with Crippen LogP contribution >= 0.6 is 24.0 Å². The van der Waals surface area contributed by atoms with Crippen LogP contribution in [0.5, 0.6) is 5.75 Å². The number of halogens is 1. The quantitative estimate of drug-likeness (QED) is 0.290. The smallest absolute Gasteiger partial charge is 0.191 e. The molecule has 2 fully saturated rings. The van der Waals surface area contributed by atoms with Crippen LogP contribution in [0.25, 0.3) is 0 Å². The summed E-state index contributed by atoms with van der Waals surface area (Å²) >= 11 is 0. The molecule has 3 rings (SSSR count). The molecule has 30 heavy (non-hydrogen) atoms. The van der Waals surface area contributed by atoms with Gasteiger partial charge in [0.2, 0.25) is 0 Å². The monoisotopic (exact) mass is 530 g/mol. The van der Waals surface area contributed by atoms with Crippen molar-refractivity contribution in [3.8, 4) is 5.75 Å². The Labute approximate surface area is 199 Å². The van der Waals surface area contributed by atoms with Gasteiger partial charge in [0, 0.05) is 44.9 Å². The molecule has 1 aliphatic carbocycles. The first-order chi connectivity index (χ1) is 14.2. The molecule has 0 spiro atoms. The van der Waals surface area contributed by atoms with Crippen LogP contribution in [0.1, 0.15) is 49.7 Å². The Balaban J connectivity index is 0.00000320. The van der Waals surface area contributed by atoms with Crippen LogP contribution in [0.3, 0.4) is 0 Å². The van der Waals surface area contributed by atoms with Gasteiger partial charge in [-0.15, -0.1) is 24.0 Å². The minimum Gasteiger partial charge on any atom is -0.491 e. The molecule has 1 saturated heterocycles. The molecule has 2 aliphatic rings. The minimum atomic E-state index is 0. The fourth-order valence-electron chi connectivity index (χ4n) is 4.18. The number of rotatable bonds is 9. The number of hydrogen-bond donors (Lipinski definition) is 2. The second-order valence-corrected chi connectivity index (χ2v) is 8.33. The summed E-state index contributed by atoms with van der Waals surface area (Å²) < 4.78 is 11.8. The van der Waals surface area contributed by atoms with E-state index in [0.717, 1.165) is 55.9 Å². The highest BCUT2D eigenvalue weighted by Crippen LogP contribution is 2.23. The molecule has 1 aliphatic heterocycles. The van der Waals surface area contributed by atoms with Crippen LogP contribution in [0.4, 0.5) is 0 Å². The van der Waals surface area contributed by atoms with Gasteiger partial charge >= 0.3 is 0 Å². The highest BCUT2D eigenvalue weighted by Gasteiger charge is 2.19. The molecular formula is C23H39IN4O2. The molecule has 2 N–H and O–H groups in total. The van der Waals surface area contributed by atoms with E-state index in [1.54, 1.807) is 0 Å². The van der Waals surface area contributed by atoms with Gasteiger partial charge in [-0.25, -0.2) is 0 Å². The van der Waals surface area contributed by atoms with Crippen molar-refractivity contribution >= 4 is 29.9 Å². The molecule has 0 amide bonds. The van der Waals surface area contributed by atoms with E-state index in [4.69, 9.17) is 9.47 Å². The fourth-order valence-corrected chi connectivity index (χ4v) is 4.18. The Morgan fingerprint density at radius 3 is 2.70 bits per heavy atom. The van der Waals surface area contributed by atoms with Crippen molar-refractivity contribution in [2.45, 2.75) is 64.1 Å². The van der Waals surface area contributed by atoms with Gasteiger partial charge in [0.25, 0.3) is 0 Å². The zero-order valence-electron chi connectivity index (χ0n) is 18.8. The first-order valence-electron chi connectivity index (χ1n) is 11.1. The molecule has 1 saturated carbocycles. The molecule has 0 radical (unpaired) electrons. The summed E-state index contributed by atoms with van der Waals surface area (Å²) in [6, 6.07) is 7.12. The lowest BCUT2D eigenvalue weighted by Crippen LogP contribution is -2.42. The molecule has 7 heteroatoms. The fraction of sp³-hybridized carbons (Fsp3) is 0.696. The largest absolute Gasteiger partial charge is 0.491 e. The third-order valence-corrected chi connectivity index (χ3v) is 6.05. The summed E-state index contributed by atoms with van der Waals surface area (Å²) in [5.41, 5.74) is 2.34. The van der Waals surface area contributed by atoms with E-state index >= 15 is 0 Å². The molecular weight excluding hydrogens is 491 g/mol. The molecule has 1 aromatic carbocycles. The zero-order valence-corrected chi connectivity index (χ0v) is 21.1. The molecule has 6 nitrogen and oxygen atoms in total. The second-order valence-electron chi connectivity index (χ2n) is 8.33. The SMILES string of the molecule is CN=C(NCCN(C)C1CCCC1)NCc1ccc(C)cc1OCC1CCCO1.I. The lowest BCUT2D eigenvalue weighted by molar-refractivity contribution is 0.0676. The summed E-state index contributed by atoms with van der Waals surface area (Å²) in [6.45, 7) is 6.18. The highest BCUT2D eigenvalue weighted by molar-refractivity contribution is 14.0. The Morgan fingerprint density at radius 2 is 2.00 bits per heavy atom. The van der Waals surface area contributed by atoms with Crippen LogP contribution in [0, 0.1) is 6.92 Å². The Kier molecular flexibility index (Phi) is 11.2. The van der Waals surface area contributed by atoms with Crippen LogP contribution in [0.15, 0.2) is 23.2 Å². The Bertz CT molecular complexity index is 659. The van der Waals surface area contributed by atoms with E-state index in [1.807, 2.05) is 7.05 Å². The number of benzene rings is 1. The molecule has 1 unspecified atom stereocenters. The molecule has 1 heterocycles. The highest BCUT2D eigenvalue weighted by atomic mass is 127. The van der Waals surface area contributed by atoms with E-state index in [-0.39, 0.29) is 30.1 Å². The first kappa shape index (κ1) is 25.2. The standard InChI is InChI=1S/C23H38N4O2.HI/c1-18-10-11-19(22(15-18)29-17-21-9-6-14-28-21)16-26-23(24-2)25-12-13-27(3)20-7-4-5-8-20;/h10-11,15,20-21H,4-9,12-14,16-17H2,1-3H3,(H2,24,25,26);1H. The van der Waals surface area contributed by atoms with Gasteiger partial charge in [-0.05, 0) is 51.3 Å². The Hall–Kier alpha value is -1.06. The average molecular weight is 530 g/mol. The molecule has 0 bridgehead atoms. The van der Waals surface area contributed by atoms with Crippen LogP contribution in [0.2, 0.25) is 0 Å². The third kappa shape index (κ3) is 7.89. The Morgan fingerprint density at radius 1 is 1.20 bits per heavy atom. The lowest BCUT2D eigenvalue weighted by atomic mass is 10.1. The van der Waals surface area contributed by atoms with E-state index in [2.05, 4.69) is 52.7 Å². The summed E-state index contributed by atoms with van der Waals surface area (Å²) in [7, 11) is 4.05. The van der Waals surface area contributed by atoms with E-state index in [0.29, 0.717) is 13.2 Å². The number of nitrogens with one attached hydrogen (secondary N) is 2. The predicted molar refractivity (Wildman–Crippen MR) is 134 cm³/mol. The number of likely N-dealkylation sites (N-methyl/N-ethyl adjacent to an activating group) is 1. The molecule has 1 atom stereocenters. The summed E-state index contributed by atoms with van der Waals surface area (Å²) in [6.07, 6.45) is 7.87. The second kappa shape index (κ2) is 13.4. The van der Waals surface area contributed by atoms with Crippen molar-refractivity contribution in [3.63, 3.8) is 0 Å². The summed E-state index contributed by atoms with van der Waals surface area (Å²) in [4.78, 5) is 6.85. The lowest BCUT2D eigenvalue weighted by Gasteiger charge is -2.24. The zero-order chi connectivity index (χ0) is 20.5. The molecule has 1 aromatic rings. The third-order valence-electron chi connectivity index (χ3n) is 6.05. The van der Waals surface area contributed by atoms with Crippen molar-refractivity contribution in [1.29, 1.82) is 0 Å². The topological polar surface area (TPSA) is 58.1 Å². The first-order valence-corrected chi connectivity index (χ1v) is 11.1. The van der Waals surface area contributed by atoms with Crippen molar-refractivity contribution in [2.75, 3.05) is 40.4 Å². The van der Waals surface area contributed by atoms with Gasteiger partial charge < -0.3 is 25.0 Å². The molecule has 170 valence electrons. The van der Waals surface area contributed by atoms with Crippen molar-refractivity contribution in [1.82, 2.24) is 15.5 Å². The summed E-state index contributed by atoms with van der Waals surface area (Å²) in [5, 5.41) is 6.86. The number of guanidine groups is 1. The minimum absolute atomic E-state index is 0. The van der Waals surface area contributed by atoms with Gasteiger partial charge in [-0.3, -0.25) is 4.99 Å². The summed E-state index contributed by atoms with van der Waals surface area (Å²) in [5.74, 6) is 1.76. The van der Waals surface area contributed by atoms with Gasteiger partial charge in [-0.1, -0.05) is 25.0 Å². The van der Waals surface area contributed by atoms with Crippen LogP contribution < -0.4 is 15.4 Å². The normalized spacial score (nSPS) is 19.7. The molecule has 0 aromatic heterocycles. The van der Waals surface area contributed by atoms with Gasteiger partial charge in [0.1, 0.15) is 12.4 Å². The van der Waals surface area contributed by atoms with Gasteiger partial charge in [0.05, 0.1) is 6.10 Å². The number of ether oxygens (including phenoxy) is 2. The maximum absolute atomic E-state index is 6.11. The van der Waals surface area contributed by atoms with Gasteiger partial charge in [-0.2, -0.15) is 0 Å². The van der Waals surface area contributed by atoms with Crippen LogP contribution in [-0.4, -0.2) is 63.4 Å². The van der Waals surface area contributed by atoms with Gasteiger partial charge in [0.15, 0.2) is 5.96 Å². The predicted octanol–water partition coefficient (Wildman–Crippen LogP) is 3.71. The average Bonchev–Trinajstić information content (AvgIpc) is 3.44. The van der Waals surface area contributed by atoms with Crippen molar-refractivity contribution < 1.29 is 9.47 Å². The number of aliphatic imine (C=N–C) groups is 1. The number of aryl methyl sites for hydroxylation is 1. The maximum Gasteiger partial charge on any atom is 0.191 e. The number of hydrogen-bond acceptors (Lipinski definition) is 4. The van der Waals surface area contributed by atoms with Crippen molar-refractivity contribution in [2.24, 2.45) is 4.99 Å². The van der Waals surface area contributed by atoms with Crippen LogP contribution in [-0.2, 0) is 11.3 Å². The van der Waals surface area contributed by atoms with Crippen molar-refractivity contribution in [3.05, 3.63) is 29.3 Å². The van der Waals surface area contributed by atoms with E-state index in [1.165, 1.54) is 31.2 Å². The van der Waals surface area contributed by atoms with E-state index in [9.17, 15) is 0 Å².